The molecule has 0 fully saturated rings. The van der Waals surface area contributed by atoms with Crippen molar-refractivity contribution in [1.29, 1.82) is 0 Å². The number of methoxy groups -OCH3 is 1. The van der Waals surface area contributed by atoms with Crippen LogP contribution in [0.3, 0.4) is 0 Å². The second kappa shape index (κ2) is 6.80. The van der Waals surface area contributed by atoms with Gasteiger partial charge < -0.3 is 25.2 Å². The summed E-state index contributed by atoms with van der Waals surface area (Å²) in [7, 11) is 2.68. The minimum atomic E-state index is -2.03. The zero-order valence-electron chi connectivity index (χ0n) is 10.6. The minimum Gasteiger partial charge on any atom is -0.479 e. The van der Waals surface area contributed by atoms with Crippen LogP contribution in [0.2, 0.25) is 0 Å². The molecule has 2 amide bonds. The Bertz CT molecular complexity index is 328. The van der Waals surface area contributed by atoms with E-state index in [0.29, 0.717) is 0 Å². The highest BCUT2D eigenvalue weighted by atomic mass is 16.5. The number of aliphatic hydroxyl groups is 1. The molecule has 0 rings (SSSR count). The lowest BCUT2D eigenvalue weighted by Crippen LogP contribution is -2.49. The van der Waals surface area contributed by atoms with Gasteiger partial charge in [-0.1, -0.05) is 0 Å². The Morgan fingerprint density at radius 3 is 2.39 bits per heavy atom. The molecule has 0 aromatic carbocycles. The maximum Gasteiger partial charge on any atom is 0.337 e. The number of carbonyl (C=O) groups excluding carboxylic acids is 2. The fourth-order valence-corrected chi connectivity index (χ4v) is 0.921. The Hall–Kier alpha value is -1.83. The predicted octanol–water partition coefficient (Wildman–Crippen LogP) is -0.973. The van der Waals surface area contributed by atoms with Crippen molar-refractivity contribution < 1.29 is 29.3 Å². The molecule has 104 valence electrons. The first kappa shape index (κ1) is 16.2. The third-order valence-corrected chi connectivity index (χ3v) is 2.27. The topological polar surface area (TPSA) is 116 Å². The molecule has 1 unspecified atom stereocenters. The van der Waals surface area contributed by atoms with E-state index in [1.807, 2.05) is 0 Å². The molecule has 0 aliphatic rings. The number of nitrogens with zero attached hydrogens (tertiary/aromatic N) is 1. The standard InChI is InChI=1S/C10H18N2O6/c1-10(17,8(14)15)6-11-9(16)12(2)5-4-7(13)18-3/h17H,4-6H2,1-3H3,(H,11,16)(H,14,15). The maximum atomic E-state index is 11.5. The Morgan fingerprint density at radius 1 is 1.39 bits per heavy atom. The average Bonchev–Trinajstić information content (AvgIpc) is 2.32. The number of aliphatic carboxylic acids is 1. The molecule has 0 aliphatic carbocycles. The Kier molecular flexibility index (Phi) is 6.11. The highest BCUT2D eigenvalue weighted by molar-refractivity contribution is 5.79. The Balaban J connectivity index is 4.10. The van der Waals surface area contributed by atoms with Crippen LogP contribution in [-0.2, 0) is 14.3 Å². The van der Waals surface area contributed by atoms with Crippen LogP contribution < -0.4 is 5.32 Å². The molecule has 0 heterocycles. The molecule has 0 radical (unpaired) electrons. The first-order valence-electron chi connectivity index (χ1n) is 5.22. The number of carbonyl (C=O) groups is 3. The van der Waals surface area contributed by atoms with Gasteiger partial charge in [0.15, 0.2) is 5.60 Å². The lowest BCUT2D eigenvalue weighted by molar-refractivity contribution is -0.155. The van der Waals surface area contributed by atoms with Crippen molar-refractivity contribution in [3.63, 3.8) is 0 Å². The van der Waals surface area contributed by atoms with Crippen LogP contribution in [0.1, 0.15) is 13.3 Å². The summed E-state index contributed by atoms with van der Waals surface area (Å²) in [5.41, 5.74) is -2.03. The normalized spacial score (nSPS) is 13.3. The number of nitrogens with one attached hydrogen (secondary N) is 1. The molecule has 3 N–H and O–H groups in total. The summed E-state index contributed by atoms with van der Waals surface area (Å²) in [4.78, 5) is 34.1. The third kappa shape index (κ3) is 5.48. The summed E-state index contributed by atoms with van der Waals surface area (Å²) in [6, 6.07) is -0.583. The van der Waals surface area contributed by atoms with Crippen molar-refractivity contribution in [2.24, 2.45) is 0 Å². The predicted molar refractivity (Wildman–Crippen MR) is 60.9 cm³/mol. The van der Waals surface area contributed by atoms with Gasteiger partial charge in [0.05, 0.1) is 20.1 Å². The van der Waals surface area contributed by atoms with E-state index in [1.54, 1.807) is 0 Å². The quantitative estimate of drug-likeness (QED) is 0.530. The Labute approximate surface area is 105 Å². The lowest BCUT2D eigenvalue weighted by atomic mass is 10.1. The number of amides is 2. The zero-order valence-corrected chi connectivity index (χ0v) is 10.6. The second-order valence-corrected chi connectivity index (χ2v) is 3.99. The number of urea groups is 1. The van der Waals surface area contributed by atoms with Gasteiger partial charge in [-0.25, -0.2) is 9.59 Å². The van der Waals surface area contributed by atoms with Crippen LogP contribution in [0.5, 0.6) is 0 Å². The SMILES string of the molecule is COC(=O)CCN(C)C(=O)NCC(C)(O)C(=O)O. The number of carboxylic acid groups (broad SMARTS) is 1. The van der Waals surface area contributed by atoms with Crippen molar-refractivity contribution in [1.82, 2.24) is 10.2 Å². The molecule has 0 saturated carbocycles. The molecule has 0 spiro atoms. The molecule has 0 aliphatic heterocycles. The highest BCUT2D eigenvalue weighted by Gasteiger charge is 2.30. The molecule has 0 bridgehead atoms. The van der Waals surface area contributed by atoms with Gasteiger partial charge in [-0.05, 0) is 6.92 Å². The first-order valence-corrected chi connectivity index (χ1v) is 5.22. The minimum absolute atomic E-state index is 0.0374. The first-order chi connectivity index (χ1) is 8.20. The van der Waals surface area contributed by atoms with Gasteiger partial charge >= 0.3 is 18.0 Å². The summed E-state index contributed by atoms with van der Waals surface area (Å²) in [5.74, 6) is -1.88. The largest absolute Gasteiger partial charge is 0.479 e. The number of ether oxygens (including phenoxy) is 1. The monoisotopic (exact) mass is 262 g/mol. The van der Waals surface area contributed by atoms with Crippen molar-refractivity contribution in [2.45, 2.75) is 18.9 Å². The molecule has 8 nitrogen and oxygen atoms in total. The molecular weight excluding hydrogens is 244 g/mol. The van der Waals surface area contributed by atoms with Gasteiger partial charge in [-0.15, -0.1) is 0 Å². The lowest BCUT2D eigenvalue weighted by Gasteiger charge is -2.22. The number of hydrogen-bond donors (Lipinski definition) is 3. The number of esters is 1. The maximum absolute atomic E-state index is 11.5. The van der Waals surface area contributed by atoms with Crippen molar-refractivity contribution in [2.75, 3.05) is 27.2 Å². The van der Waals surface area contributed by atoms with E-state index in [-0.39, 0.29) is 13.0 Å². The fraction of sp³-hybridized carbons (Fsp3) is 0.700. The summed E-state index contributed by atoms with van der Waals surface area (Å²) in [5, 5.41) is 20.2. The Morgan fingerprint density at radius 2 is 1.94 bits per heavy atom. The summed E-state index contributed by atoms with van der Waals surface area (Å²) < 4.78 is 4.41. The van der Waals surface area contributed by atoms with Gasteiger partial charge in [0.25, 0.3) is 0 Å². The van der Waals surface area contributed by atoms with Crippen LogP contribution in [0, 0.1) is 0 Å². The summed E-state index contributed by atoms with van der Waals surface area (Å²) in [6.45, 7) is 0.779. The van der Waals surface area contributed by atoms with Gasteiger partial charge in [0.1, 0.15) is 0 Å². The molecule has 8 heteroatoms. The van der Waals surface area contributed by atoms with E-state index in [0.717, 1.165) is 6.92 Å². The van der Waals surface area contributed by atoms with Gasteiger partial charge in [0, 0.05) is 13.6 Å². The number of rotatable bonds is 6. The summed E-state index contributed by atoms with van der Waals surface area (Å²) >= 11 is 0. The average molecular weight is 262 g/mol. The molecule has 0 aromatic rings. The molecular formula is C10H18N2O6. The van der Waals surface area contributed by atoms with Crippen LogP contribution >= 0.6 is 0 Å². The van der Waals surface area contributed by atoms with Gasteiger partial charge in [-0.3, -0.25) is 4.79 Å². The van der Waals surface area contributed by atoms with E-state index in [9.17, 15) is 19.5 Å². The van der Waals surface area contributed by atoms with Crippen molar-refractivity contribution in [3.8, 4) is 0 Å². The highest BCUT2D eigenvalue weighted by Crippen LogP contribution is 2.01. The van der Waals surface area contributed by atoms with Crippen molar-refractivity contribution in [3.05, 3.63) is 0 Å². The fourth-order valence-electron chi connectivity index (χ4n) is 0.921. The van der Waals surface area contributed by atoms with E-state index < -0.39 is 30.1 Å². The van der Waals surface area contributed by atoms with Crippen LogP contribution in [0.25, 0.3) is 0 Å². The van der Waals surface area contributed by atoms with Crippen molar-refractivity contribution >= 4 is 18.0 Å². The van der Waals surface area contributed by atoms with Crippen LogP contribution in [-0.4, -0.2) is 65.9 Å². The second-order valence-electron chi connectivity index (χ2n) is 3.99. The molecule has 1 atom stereocenters. The van der Waals surface area contributed by atoms with Gasteiger partial charge in [-0.2, -0.15) is 0 Å². The zero-order chi connectivity index (χ0) is 14.3. The van der Waals surface area contributed by atoms with Crippen LogP contribution in [0.15, 0.2) is 0 Å². The van der Waals surface area contributed by atoms with Crippen LogP contribution in [0.4, 0.5) is 4.79 Å². The third-order valence-electron chi connectivity index (χ3n) is 2.27. The van der Waals surface area contributed by atoms with Gasteiger partial charge in [0.2, 0.25) is 0 Å². The summed E-state index contributed by atoms with van der Waals surface area (Å²) in [6.07, 6.45) is 0.0374. The number of hydrogen-bond acceptors (Lipinski definition) is 5. The smallest absolute Gasteiger partial charge is 0.337 e. The molecule has 0 aromatic heterocycles. The molecule has 18 heavy (non-hydrogen) atoms. The molecule has 0 saturated heterocycles. The van der Waals surface area contributed by atoms with E-state index in [2.05, 4.69) is 10.1 Å². The number of carboxylic acids is 1. The van der Waals surface area contributed by atoms with E-state index in [1.165, 1.54) is 19.1 Å². The van der Waals surface area contributed by atoms with E-state index >= 15 is 0 Å². The van der Waals surface area contributed by atoms with E-state index in [4.69, 9.17) is 5.11 Å².